The number of hydrogen-bond donors (Lipinski definition) is 1. The second-order valence-corrected chi connectivity index (χ2v) is 6.27. The van der Waals surface area contributed by atoms with E-state index in [4.69, 9.17) is 11.6 Å². The number of benzene rings is 2. The Hall–Kier alpha value is -2.05. The molecule has 2 rings (SSSR count). The SMILES string of the molecule is O=C(NCCCSc1ccccc1)c1cc([N+](=O)[O-])ccc1Cl. The van der Waals surface area contributed by atoms with Crippen molar-refractivity contribution >= 4 is 35.0 Å². The van der Waals surface area contributed by atoms with Crippen molar-refractivity contribution in [2.24, 2.45) is 0 Å². The Morgan fingerprint density at radius 2 is 1.96 bits per heavy atom. The number of hydrogen-bond acceptors (Lipinski definition) is 4. The van der Waals surface area contributed by atoms with E-state index >= 15 is 0 Å². The van der Waals surface area contributed by atoms with Gasteiger partial charge in [-0.05, 0) is 30.4 Å². The summed E-state index contributed by atoms with van der Waals surface area (Å²) in [6.45, 7) is 0.484. The highest BCUT2D eigenvalue weighted by Crippen LogP contribution is 2.22. The number of carbonyl (C=O) groups excluding carboxylic acids is 1. The molecular weight excluding hydrogens is 336 g/mol. The maximum Gasteiger partial charge on any atom is 0.270 e. The average molecular weight is 351 g/mol. The molecule has 120 valence electrons. The Kier molecular flexibility index (Phi) is 6.43. The van der Waals surface area contributed by atoms with E-state index in [9.17, 15) is 14.9 Å². The van der Waals surface area contributed by atoms with Gasteiger partial charge < -0.3 is 5.32 Å². The van der Waals surface area contributed by atoms with Gasteiger partial charge in [0.05, 0.1) is 15.5 Å². The number of nitrogens with one attached hydrogen (secondary N) is 1. The Labute approximate surface area is 143 Å². The molecule has 0 aliphatic rings. The van der Waals surface area contributed by atoms with Crippen molar-refractivity contribution in [2.45, 2.75) is 11.3 Å². The lowest BCUT2D eigenvalue weighted by Gasteiger charge is -2.07. The van der Waals surface area contributed by atoms with E-state index in [2.05, 4.69) is 5.32 Å². The van der Waals surface area contributed by atoms with Crippen molar-refractivity contribution < 1.29 is 9.72 Å². The first kappa shape index (κ1) is 17.3. The van der Waals surface area contributed by atoms with Crippen LogP contribution >= 0.6 is 23.4 Å². The maximum atomic E-state index is 12.0. The fourth-order valence-corrected chi connectivity index (χ4v) is 2.95. The third kappa shape index (κ3) is 5.26. The zero-order chi connectivity index (χ0) is 16.7. The molecule has 0 atom stereocenters. The number of rotatable bonds is 7. The molecule has 0 heterocycles. The molecule has 2 aromatic carbocycles. The number of amides is 1. The predicted octanol–water partition coefficient (Wildman–Crippen LogP) is 4.16. The molecule has 0 saturated carbocycles. The monoisotopic (exact) mass is 350 g/mol. The first-order chi connectivity index (χ1) is 11.1. The Bertz CT molecular complexity index is 695. The third-order valence-corrected chi connectivity index (χ3v) is 4.45. The van der Waals surface area contributed by atoms with Crippen molar-refractivity contribution in [3.05, 3.63) is 69.2 Å². The smallest absolute Gasteiger partial charge is 0.270 e. The summed E-state index contributed by atoms with van der Waals surface area (Å²) in [5.74, 6) is 0.468. The van der Waals surface area contributed by atoms with Crippen LogP contribution < -0.4 is 5.32 Å². The van der Waals surface area contributed by atoms with Gasteiger partial charge in [0.1, 0.15) is 0 Å². The summed E-state index contributed by atoms with van der Waals surface area (Å²) in [6, 6.07) is 13.8. The van der Waals surface area contributed by atoms with Gasteiger partial charge in [-0.1, -0.05) is 29.8 Å². The standard InChI is InChI=1S/C16H15ClN2O3S/c17-15-8-7-12(19(21)22)11-14(15)16(20)18-9-4-10-23-13-5-2-1-3-6-13/h1-3,5-8,11H,4,9-10H2,(H,18,20). The van der Waals surface area contributed by atoms with Crippen molar-refractivity contribution in [3.8, 4) is 0 Å². The van der Waals surface area contributed by atoms with Crippen LogP contribution in [0.4, 0.5) is 5.69 Å². The lowest BCUT2D eigenvalue weighted by atomic mass is 10.2. The van der Waals surface area contributed by atoms with Gasteiger partial charge in [0.2, 0.25) is 0 Å². The summed E-state index contributed by atoms with van der Waals surface area (Å²) < 4.78 is 0. The maximum absolute atomic E-state index is 12.0. The number of nitro groups is 1. The van der Waals surface area contributed by atoms with Gasteiger partial charge in [0.25, 0.3) is 11.6 Å². The van der Waals surface area contributed by atoms with Crippen LogP contribution in [0, 0.1) is 10.1 Å². The molecule has 0 radical (unpaired) electrons. The van der Waals surface area contributed by atoms with Crippen molar-refractivity contribution in [3.63, 3.8) is 0 Å². The summed E-state index contributed by atoms with van der Waals surface area (Å²) in [5, 5.41) is 13.7. The topological polar surface area (TPSA) is 72.2 Å². The number of halogens is 1. The van der Waals surface area contributed by atoms with E-state index in [1.54, 1.807) is 11.8 Å². The molecule has 23 heavy (non-hydrogen) atoms. The van der Waals surface area contributed by atoms with Crippen molar-refractivity contribution in [2.75, 3.05) is 12.3 Å². The molecule has 0 aliphatic carbocycles. The minimum absolute atomic E-state index is 0.122. The van der Waals surface area contributed by atoms with Gasteiger partial charge in [-0.3, -0.25) is 14.9 Å². The molecule has 1 amide bonds. The van der Waals surface area contributed by atoms with Crippen molar-refractivity contribution in [1.29, 1.82) is 0 Å². The van der Waals surface area contributed by atoms with E-state index in [0.717, 1.165) is 12.2 Å². The molecule has 5 nitrogen and oxygen atoms in total. The first-order valence-electron chi connectivity index (χ1n) is 6.98. The van der Waals surface area contributed by atoms with Crippen LogP contribution in [-0.4, -0.2) is 23.1 Å². The molecule has 7 heteroatoms. The van der Waals surface area contributed by atoms with E-state index in [1.807, 2.05) is 30.3 Å². The van der Waals surface area contributed by atoms with Crippen LogP contribution in [0.1, 0.15) is 16.8 Å². The minimum Gasteiger partial charge on any atom is -0.352 e. The highest BCUT2D eigenvalue weighted by molar-refractivity contribution is 7.99. The van der Waals surface area contributed by atoms with Gasteiger partial charge in [0, 0.05) is 23.6 Å². The highest BCUT2D eigenvalue weighted by atomic mass is 35.5. The summed E-state index contributed by atoms with van der Waals surface area (Å²) in [6.07, 6.45) is 0.790. The highest BCUT2D eigenvalue weighted by Gasteiger charge is 2.15. The second kappa shape index (κ2) is 8.55. The van der Waals surface area contributed by atoms with E-state index in [0.29, 0.717) is 6.54 Å². The van der Waals surface area contributed by atoms with E-state index in [1.165, 1.54) is 23.1 Å². The summed E-state index contributed by atoms with van der Waals surface area (Å²) in [4.78, 5) is 23.4. The molecule has 0 spiro atoms. The van der Waals surface area contributed by atoms with Gasteiger partial charge in [-0.15, -0.1) is 11.8 Å². The number of nitrogens with zero attached hydrogens (tertiary/aromatic N) is 1. The number of nitro benzene ring substituents is 1. The zero-order valence-electron chi connectivity index (χ0n) is 12.2. The molecule has 0 aromatic heterocycles. The van der Waals surface area contributed by atoms with Crippen LogP contribution in [-0.2, 0) is 0 Å². The molecule has 1 N–H and O–H groups in total. The number of carbonyl (C=O) groups is 1. The quantitative estimate of drug-likeness (QED) is 0.352. The predicted molar refractivity (Wildman–Crippen MR) is 92.2 cm³/mol. The lowest BCUT2D eigenvalue weighted by Crippen LogP contribution is -2.25. The van der Waals surface area contributed by atoms with Crippen LogP contribution in [0.2, 0.25) is 5.02 Å². The molecule has 0 aliphatic heterocycles. The lowest BCUT2D eigenvalue weighted by molar-refractivity contribution is -0.384. The Balaban J connectivity index is 1.81. The number of non-ortho nitro benzene ring substituents is 1. The fraction of sp³-hybridized carbons (Fsp3) is 0.188. The van der Waals surface area contributed by atoms with Gasteiger partial charge in [0.15, 0.2) is 0 Å². The molecule has 0 bridgehead atoms. The summed E-state index contributed by atoms with van der Waals surface area (Å²) in [7, 11) is 0. The zero-order valence-corrected chi connectivity index (χ0v) is 13.8. The van der Waals surface area contributed by atoms with Crippen LogP contribution in [0.25, 0.3) is 0 Å². The molecule has 0 unspecified atom stereocenters. The largest absolute Gasteiger partial charge is 0.352 e. The second-order valence-electron chi connectivity index (χ2n) is 4.69. The average Bonchev–Trinajstić information content (AvgIpc) is 2.55. The fourth-order valence-electron chi connectivity index (χ4n) is 1.88. The van der Waals surface area contributed by atoms with Gasteiger partial charge in [-0.25, -0.2) is 0 Å². The summed E-state index contributed by atoms with van der Waals surface area (Å²) in [5.41, 5.74) is -0.0317. The Morgan fingerprint density at radius 3 is 2.65 bits per heavy atom. The van der Waals surface area contributed by atoms with Gasteiger partial charge >= 0.3 is 0 Å². The molecule has 2 aromatic rings. The Morgan fingerprint density at radius 1 is 1.22 bits per heavy atom. The van der Waals surface area contributed by atoms with E-state index in [-0.39, 0.29) is 16.3 Å². The normalized spacial score (nSPS) is 10.3. The molecule has 0 fully saturated rings. The van der Waals surface area contributed by atoms with Crippen LogP contribution in [0.5, 0.6) is 0 Å². The molecular formula is C16H15ClN2O3S. The van der Waals surface area contributed by atoms with E-state index < -0.39 is 10.8 Å². The van der Waals surface area contributed by atoms with Crippen LogP contribution in [0.3, 0.4) is 0 Å². The minimum atomic E-state index is -0.552. The third-order valence-electron chi connectivity index (χ3n) is 3.02. The summed E-state index contributed by atoms with van der Waals surface area (Å²) >= 11 is 7.64. The number of thioether (sulfide) groups is 1. The molecule has 0 saturated heterocycles. The van der Waals surface area contributed by atoms with Crippen molar-refractivity contribution in [1.82, 2.24) is 5.32 Å². The first-order valence-corrected chi connectivity index (χ1v) is 8.34. The van der Waals surface area contributed by atoms with Gasteiger partial charge in [-0.2, -0.15) is 0 Å². The van der Waals surface area contributed by atoms with Crippen LogP contribution in [0.15, 0.2) is 53.4 Å².